The molecule has 1 aromatic rings. The van der Waals surface area contributed by atoms with Gasteiger partial charge in [0.15, 0.2) is 0 Å². The highest BCUT2D eigenvalue weighted by molar-refractivity contribution is 9.10. The first-order chi connectivity index (χ1) is 7.16. The average Bonchev–Trinajstić information content (AvgIpc) is 2.58. The summed E-state index contributed by atoms with van der Waals surface area (Å²) in [4.78, 5) is 7.89. The van der Waals surface area contributed by atoms with Crippen LogP contribution in [0, 0.1) is 0 Å². The van der Waals surface area contributed by atoms with E-state index in [9.17, 15) is 5.11 Å². The molecule has 2 N–H and O–H groups in total. The van der Waals surface area contributed by atoms with Crippen LogP contribution >= 0.6 is 27.5 Å². The molecule has 1 aliphatic rings. The second-order valence-electron chi connectivity index (χ2n) is 3.58. The van der Waals surface area contributed by atoms with E-state index in [0.29, 0.717) is 5.82 Å². The van der Waals surface area contributed by atoms with Gasteiger partial charge in [0.25, 0.3) is 0 Å². The van der Waals surface area contributed by atoms with E-state index in [-0.39, 0.29) is 17.4 Å². The van der Waals surface area contributed by atoms with Gasteiger partial charge >= 0.3 is 0 Å². The fourth-order valence-corrected chi connectivity index (χ4v) is 2.17. The van der Waals surface area contributed by atoms with Crippen LogP contribution in [-0.4, -0.2) is 27.2 Å². The average molecular weight is 293 g/mol. The van der Waals surface area contributed by atoms with Gasteiger partial charge in [0.05, 0.1) is 16.6 Å². The minimum atomic E-state index is -0.300. The molecule has 1 heterocycles. The van der Waals surface area contributed by atoms with Crippen molar-refractivity contribution in [2.24, 2.45) is 0 Å². The quantitative estimate of drug-likeness (QED) is 0.821. The first-order valence-corrected chi connectivity index (χ1v) is 5.96. The first-order valence-electron chi connectivity index (χ1n) is 4.79. The number of halogens is 2. The molecule has 0 amide bonds. The van der Waals surface area contributed by atoms with Crippen molar-refractivity contribution in [3.8, 4) is 0 Å². The second kappa shape index (κ2) is 4.63. The Morgan fingerprint density at radius 2 is 2.33 bits per heavy atom. The van der Waals surface area contributed by atoms with E-state index in [2.05, 4.69) is 31.2 Å². The molecule has 0 spiro atoms. The molecule has 1 aliphatic carbocycles. The van der Waals surface area contributed by atoms with Crippen molar-refractivity contribution in [2.45, 2.75) is 31.4 Å². The van der Waals surface area contributed by atoms with Crippen LogP contribution in [0.2, 0.25) is 5.28 Å². The van der Waals surface area contributed by atoms with Crippen LogP contribution in [-0.2, 0) is 0 Å². The zero-order valence-corrected chi connectivity index (χ0v) is 10.3. The number of aliphatic hydroxyl groups is 1. The van der Waals surface area contributed by atoms with E-state index < -0.39 is 0 Å². The van der Waals surface area contributed by atoms with Gasteiger partial charge in [-0.3, -0.25) is 0 Å². The summed E-state index contributed by atoms with van der Waals surface area (Å²) in [5, 5.41) is 13.0. The van der Waals surface area contributed by atoms with Crippen molar-refractivity contribution in [1.29, 1.82) is 0 Å². The minimum absolute atomic E-state index is 0.0623. The molecule has 2 atom stereocenters. The lowest BCUT2D eigenvalue weighted by Crippen LogP contribution is -2.28. The fourth-order valence-electron chi connectivity index (χ4n) is 1.73. The summed E-state index contributed by atoms with van der Waals surface area (Å²) >= 11 is 9.02. The molecular weight excluding hydrogens is 281 g/mol. The van der Waals surface area contributed by atoms with Gasteiger partial charge in [-0.05, 0) is 46.8 Å². The number of nitrogens with zero attached hydrogens (tertiary/aromatic N) is 2. The van der Waals surface area contributed by atoms with E-state index >= 15 is 0 Å². The number of anilines is 1. The summed E-state index contributed by atoms with van der Waals surface area (Å²) < 4.78 is 0.756. The summed E-state index contributed by atoms with van der Waals surface area (Å²) in [6.45, 7) is 0. The van der Waals surface area contributed by atoms with Crippen LogP contribution < -0.4 is 5.32 Å². The van der Waals surface area contributed by atoms with Crippen molar-refractivity contribution < 1.29 is 5.11 Å². The Kier molecular flexibility index (Phi) is 3.43. The molecule has 0 unspecified atom stereocenters. The van der Waals surface area contributed by atoms with Crippen LogP contribution in [0.3, 0.4) is 0 Å². The van der Waals surface area contributed by atoms with E-state index in [1.807, 2.05) is 0 Å². The van der Waals surface area contributed by atoms with Gasteiger partial charge in [-0.15, -0.1) is 0 Å². The number of aliphatic hydroxyl groups excluding tert-OH is 1. The van der Waals surface area contributed by atoms with Crippen LogP contribution in [0.5, 0.6) is 0 Å². The van der Waals surface area contributed by atoms with E-state index in [1.165, 1.54) is 0 Å². The summed E-state index contributed by atoms with van der Waals surface area (Å²) in [5.74, 6) is 0.640. The van der Waals surface area contributed by atoms with E-state index in [0.717, 1.165) is 23.7 Å². The molecule has 0 bridgehead atoms. The SMILES string of the molecule is O[C@@H]1CCC[C@@H]1Nc1nc(Cl)ncc1Br. The van der Waals surface area contributed by atoms with E-state index in [4.69, 9.17) is 11.6 Å². The third kappa shape index (κ3) is 2.59. The lowest BCUT2D eigenvalue weighted by molar-refractivity contribution is 0.171. The molecule has 0 radical (unpaired) electrons. The van der Waals surface area contributed by atoms with Gasteiger partial charge in [0.1, 0.15) is 5.82 Å². The monoisotopic (exact) mass is 291 g/mol. The largest absolute Gasteiger partial charge is 0.391 e. The number of aromatic nitrogens is 2. The zero-order valence-electron chi connectivity index (χ0n) is 7.95. The molecule has 4 nitrogen and oxygen atoms in total. The third-order valence-corrected chi connectivity index (χ3v) is 3.28. The zero-order chi connectivity index (χ0) is 10.8. The number of nitrogens with one attached hydrogen (secondary N) is 1. The Bertz CT molecular complexity index is 363. The summed E-state index contributed by atoms with van der Waals surface area (Å²) in [5.41, 5.74) is 0. The van der Waals surface area contributed by atoms with Crippen molar-refractivity contribution >= 4 is 33.3 Å². The molecule has 1 saturated carbocycles. The van der Waals surface area contributed by atoms with Gasteiger partial charge in [0, 0.05) is 6.20 Å². The van der Waals surface area contributed by atoms with Crippen molar-refractivity contribution in [1.82, 2.24) is 9.97 Å². The summed E-state index contributed by atoms with van der Waals surface area (Å²) in [7, 11) is 0. The van der Waals surface area contributed by atoms with E-state index in [1.54, 1.807) is 6.20 Å². The normalized spacial score (nSPS) is 25.5. The van der Waals surface area contributed by atoms with Crippen molar-refractivity contribution in [2.75, 3.05) is 5.32 Å². The molecule has 6 heteroatoms. The van der Waals surface area contributed by atoms with Crippen LogP contribution in [0.25, 0.3) is 0 Å². The lowest BCUT2D eigenvalue weighted by Gasteiger charge is -2.17. The van der Waals surface area contributed by atoms with Crippen LogP contribution in [0.4, 0.5) is 5.82 Å². The predicted octanol–water partition coefficient (Wildman–Crippen LogP) is 2.22. The Morgan fingerprint density at radius 3 is 3.00 bits per heavy atom. The van der Waals surface area contributed by atoms with Gasteiger partial charge in [-0.25, -0.2) is 4.98 Å². The number of hydrogen-bond acceptors (Lipinski definition) is 4. The molecule has 0 saturated heterocycles. The van der Waals surface area contributed by atoms with Crippen molar-refractivity contribution in [3.05, 3.63) is 16.0 Å². The van der Waals surface area contributed by atoms with Crippen molar-refractivity contribution in [3.63, 3.8) is 0 Å². The molecule has 2 rings (SSSR count). The van der Waals surface area contributed by atoms with Gasteiger partial charge in [-0.2, -0.15) is 4.98 Å². The van der Waals surface area contributed by atoms with Crippen LogP contribution in [0.15, 0.2) is 10.7 Å². The maximum Gasteiger partial charge on any atom is 0.224 e. The molecule has 0 aliphatic heterocycles. The minimum Gasteiger partial charge on any atom is -0.391 e. The van der Waals surface area contributed by atoms with Gasteiger partial charge in [-0.1, -0.05) is 0 Å². The maximum atomic E-state index is 9.66. The molecule has 1 aromatic heterocycles. The van der Waals surface area contributed by atoms with Gasteiger partial charge < -0.3 is 10.4 Å². The highest BCUT2D eigenvalue weighted by Crippen LogP contribution is 2.26. The van der Waals surface area contributed by atoms with Crippen LogP contribution in [0.1, 0.15) is 19.3 Å². The second-order valence-corrected chi connectivity index (χ2v) is 4.78. The fraction of sp³-hybridized carbons (Fsp3) is 0.556. The smallest absolute Gasteiger partial charge is 0.224 e. The molecule has 82 valence electrons. The molecule has 15 heavy (non-hydrogen) atoms. The molecule has 0 aromatic carbocycles. The number of rotatable bonds is 2. The summed E-state index contributed by atoms with van der Waals surface area (Å²) in [6, 6.07) is 0.0623. The van der Waals surface area contributed by atoms with Gasteiger partial charge in [0.2, 0.25) is 5.28 Å². The first kappa shape index (κ1) is 11.1. The topological polar surface area (TPSA) is 58.0 Å². The standard InChI is InChI=1S/C9H11BrClN3O/c10-5-4-12-9(11)14-8(5)13-6-2-1-3-7(6)15/h4,6-7,15H,1-3H2,(H,12,13,14)/t6-,7+/m0/s1. The predicted molar refractivity (Wildman–Crippen MR) is 62.0 cm³/mol. The molecule has 1 fully saturated rings. The Hall–Kier alpha value is -0.390. The Labute approximate surface area is 101 Å². The Morgan fingerprint density at radius 1 is 1.53 bits per heavy atom. The number of hydrogen-bond donors (Lipinski definition) is 2. The molecular formula is C9H11BrClN3O. The Balaban J connectivity index is 2.12. The lowest BCUT2D eigenvalue weighted by atomic mass is 10.2. The summed E-state index contributed by atoms with van der Waals surface area (Å²) in [6.07, 6.45) is 4.13. The third-order valence-electron chi connectivity index (χ3n) is 2.52. The highest BCUT2D eigenvalue weighted by Gasteiger charge is 2.25. The highest BCUT2D eigenvalue weighted by atomic mass is 79.9. The maximum absolute atomic E-state index is 9.66.